The Morgan fingerprint density at radius 1 is 1.73 bits per heavy atom. The van der Waals surface area contributed by atoms with E-state index >= 15 is 0 Å². The van der Waals surface area contributed by atoms with Gasteiger partial charge in [-0.05, 0) is 6.92 Å². The first-order valence-corrected chi connectivity index (χ1v) is 4.04. The van der Waals surface area contributed by atoms with E-state index in [1.165, 1.54) is 6.08 Å². The van der Waals surface area contributed by atoms with Crippen LogP contribution in [-0.2, 0) is 9.53 Å². The molecule has 0 saturated carbocycles. The normalized spacial score (nSPS) is 15.2. The average Bonchev–Trinajstić information content (AvgIpc) is 2.03. The summed E-state index contributed by atoms with van der Waals surface area (Å²) in [6.07, 6.45) is 1.15. The minimum Gasteiger partial charge on any atom is -0.354 e. The molecule has 64 valence electrons. The molecule has 2 unspecified atom stereocenters. The zero-order valence-electron chi connectivity index (χ0n) is 6.09. The molecule has 0 bridgehead atoms. The highest BCUT2D eigenvalue weighted by atomic mass is 35.5. The molecule has 0 aliphatic carbocycles. The van der Waals surface area contributed by atoms with E-state index in [9.17, 15) is 4.79 Å². The van der Waals surface area contributed by atoms with Gasteiger partial charge >= 0.3 is 0 Å². The summed E-state index contributed by atoms with van der Waals surface area (Å²) in [5, 5.41) is -0.251. The maximum absolute atomic E-state index is 9.60. The van der Waals surface area contributed by atoms with Gasteiger partial charge in [0.05, 0.1) is 11.5 Å². The molecule has 0 rings (SSSR count). The van der Waals surface area contributed by atoms with Gasteiger partial charge in [-0.2, -0.15) is 4.99 Å². The maximum Gasteiger partial charge on any atom is 0.237 e. The number of isocyanates is 1. The number of alkyl halides is 2. The van der Waals surface area contributed by atoms with Crippen molar-refractivity contribution in [3.05, 3.63) is 0 Å². The molecule has 0 spiro atoms. The van der Waals surface area contributed by atoms with Crippen molar-refractivity contribution in [2.45, 2.75) is 18.4 Å². The van der Waals surface area contributed by atoms with Crippen molar-refractivity contribution in [3.63, 3.8) is 0 Å². The summed E-state index contributed by atoms with van der Waals surface area (Å²) in [4.78, 5) is 12.8. The number of nitrogens with zero attached hydrogens (tertiary/aromatic N) is 1. The van der Waals surface area contributed by atoms with Gasteiger partial charge in [0.15, 0.2) is 0 Å². The Kier molecular flexibility index (Phi) is 6.57. The number of halogens is 2. The SMILES string of the molecule is CC(OCN=C=O)C(Cl)CCl. The van der Waals surface area contributed by atoms with Crippen LogP contribution in [0.25, 0.3) is 0 Å². The zero-order valence-corrected chi connectivity index (χ0v) is 7.60. The molecule has 0 fully saturated rings. The summed E-state index contributed by atoms with van der Waals surface area (Å²) >= 11 is 11.1. The van der Waals surface area contributed by atoms with Crippen LogP contribution in [0.1, 0.15) is 6.92 Å². The lowest BCUT2D eigenvalue weighted by molar-refractivity contribution is 0.0728. The third kappa shape index (κ3) is 5.22. The molecule has 0 aromatic heterocycles. The standard InChI is InChI=1S/C6H9Cl2NO2/c1-5(6(8)2-7)11-4-9-3-10/h5-6H,2,4H2,1H3. The van der Waals surface area contributed by atoms with Gasteiger partial charge in [0.2, 0.25) is 6.08 Å². The quantitative estimate of drug-likeness (QED) is 0.381. The number of carbonyl (C=O) groups excluding carboxylic acids is 1. The van der Waals surface area contributed by atoms with E-state index in [0.717, 1.165) is 0 Å². The molecular weight excluding hydrogens is 189 g/mol. The molecule has 0 aliphatic heterocycles. The molecule has 0 aromatic rings. The Morgan fingerprint density at radius 2 is 2.36 bits per heavy atom. The average molecular weight is 198 g/mol. The molecular formula is C6H9Cl2NO2. The van der Waals surface area contributed by atoms with Crippen LogP contribution in [0.15, 0.2) is 4.99 Å². The maximum atomic E-state index is 9.60. The lowest BCUT2D eigenvalue weighted by atomic mass is 10.3. The van der Waals surface area contributed by atoms with Crippen molar-refractivity contribution in [3.8, 4) is 0 Å². The second-order valence-corrected chi connectivity index (χ2v) is 2.79. The van der Waals surface area contributed by atoms with Crippen molar-refractivity contribution < 1.29 is 9.53 Å². The Morgan fingerprint density at radius 3 is 2.82 bits per heavy atom. The Hall–Kier alpha value is -0.0800. The van der Waals surface area contributed by atoms with E-state index < -0.39 is 0 Å². The molecule has 0 saturated heterocycles. The number of hydrogen-bond acceptors (Lipinski definition) is 3. The van der Waals surface area contributed by atoms with Gasteiger partial charge in [-0.25, -0.2) is 4.79 Å². The fraction of sp³-hybridized carbons (Fsp3) is 0.833. The summed E-state index contributed by atoms with van der Waals surface area (Å²) < 4.78 is 4.99. The van der Waals surface area contributed by atoms with E-state index in [-0.39, 0.29) is 18.2 Å². The van der Waals surface area contributed by atoms with Gasteiger partial charge in [-0.15, -0.1) is 23.2 Å². The first-order valence-electron chi connectivity index (χ1n) is 3.07. The third-order valence-corrected chi connectivity index (χ3v) is 2.12. The monoisotopic (exact) mass is 197 g/mol. The minimum absolute atomic E-state index is 0.00915. The Bertz CT molecular complexity index is 148. The largest absolute Gasteiger partial charge is 0.354 e. The van der Waals surface area contributed by atoms with Crippen molar-refractivity contribution in [1.82, 2.24) is 0 Å². The second kappa shape index (κ2) is 6.62. The molecule has 0 radical (unpaired) electrons. The predicted molar refractivity (Wildman–Crippen MR) is 43.9 cm³/mol. The molecule has 0 aliphatic rings. The number of rotatable bonds is 5. The van der Waals surface area contributed by atoms with Gasteiger partial charge < -0.3 is 4.74 Å². The van der Waals surface area contributed by atoms with E-state index in [2.05, 4.69) is 4.99 Å². The van der Waals surface area contributed by atoms with Crippen LogP contribution in [0.2, 0.25) is 0 Å². The molecule has 0 amide bonds. The fourth-order valence-corrected chi connectivity index (χ4v) is 0.735. The Labute approximate surface area is 75.3 Å². The lowest BCUT2D eigenvalue weighted by Crippen LogP contribution is -2.22. The molecule has 11 heavy (non-hydrogen) atoms. The third-order valence-electron chi connectivity index (χ3n) is 1.12. The number of ether oxygens (including phenoxy) is 1. The number of hydrogen-bond donors (Lipinski definition) is 0. The smallest absolute Gasteiger partial charge is 0.237 e. The molecule has 5 heteroatoms. The first kappa shape index (κ1) is 10.9. The summed E-state index contributed by atoms with van der Waals surface area (Å²) in [6.45, 7) is 1.76. The van der Waals surface area contributed by atoms with Gasteiger partial charge in [0.1, 0.15) is 6.73 Å². The van der Waals surface area contributed by atoms with Crippen LogP contribution in [-0.4, -0.2) is 30.2 Å². The predicted octanol–water partition coefficient (Wildman–Crippen LogP) is 1.53. The molecule has 0 heterocycles. The summed E-state index contributed by atoms with van der Waals surface area (Å²) in [6, 6.07) is 0. The number of aliphatic imine (C=N–C) groups is 1. The highest BCUT2D eigenvalue weighted by Gasteiger charge is 2.12. The molecule has 3 nitrogen and oxygen atoms in total. The summed E-state index contributed by atoms with van der Waals surface area (Å²) in [5.74, 6) is 0.313. The highest BCUT2D eigenvalue weighted by molar-refractivity contribution is 6.28. The molecule has 2 atom stereocenters. The minimum atomic E-state index is -0.251. The van der Waals surface area contributed by atoms with E-state index in [4.69, 9.17) is 27.9 Å². The van der Waals surface area contributed by atoms with Crippen molar-refractivity contribution in [2.24, 2.45) is 4.99 Å². The first-order chi connectivity index (χ1) is 5.22. The van der Waals surface area contributed by atoms with E-state index in [1.807, 2.05) is 0 Å². The lowest BCUT2D eigenvalue weighted by Gasteiger charge is -2.13. The van der Waals surface area contributed by atoms with E-state index in [0.29, 0.717) is 5.88 Å². The van der Waals surface area contributed by atoms with Crippen molar-refractivity contribution in [2.75, 3.05) is 12.6 Å². The van der Waals surface area contributed by atoms with Crippen LogP contribution in [0.3, 0.4) is 0 Å². The van der Waals surface area contributed by atoms with Crippen LogP contribution in [0.5, 0.6) is 0 Å². The second-order valence-electron chi connectivity index (χ2n) is 1.92. The summed E-state index contributed by atoms with van der Waals surface area (Å²) in [5.41, 5.74) is 0. The van der Waals surface area contributed by atoms with Crippen LogP contribution in [0.4, 0.5) is 0 Å². The molecule has 0 N–H and O–H groups in total. The van der Waals surface area contributed by atoms with E-state index in [1.54, 1.807) is 6.92 Å². The van der Waals surface area contributed by atoms with Gasteiger partial charge in [0.25, 0.3) is 0 Å². The van der Waals surface area contributed by atoms with Gasteiger partial charge in [-0.1, -0.05) is 0 Å². The van der Waals surface area contributed by atoms with Crippen LogP contribution in [0, 0.1) is 0 Å². The van der Waals surface area contributed by atoms with Crippen LogP contribution >= 0.6 is 23.2 Å². The van der Waals surface area contributed by atoms with Gasteiger partial charge in [0, 0.05) is 5.88 Å². The Balaban J connectivity index is 3.50. The zero-order chi connectivity index (χ0) is 8.69. The van der Waals surface area contributed by atoms with Crippen LogP contribution < -0.4 is 0 Å². The molecule has 0 aromatic carbocycles. The van der Waals surface area contributed by atoms with Gasteiger partial charge in [-0.3, -0.25) is 0 Å². The van der Waals surface area contributed by atoms with Crippen molar-refractivity contribution in [1.29, 1.82) is 0 Å². The topological polar surface area (TPSA) is 38.7 Å². The summed E-state index contributed by atoms with van der Waals surface area (Å²) in [7, 11) is 0. The fourth-order valence-electron chi connectivity index (χ4n) is 0.411. The highest BCUT2D eigenvalue weighted by Crippen LogP contribution is 2.07. The van der Waals surface area contributed by atoms with Crippen molar-refractivity contribution >= 4 is 29.3 Å².